The van der Waals surface area contributed by atoms with Crippen LogP contribution in [-0.4, -0.2) is 18.1 Å². The molecule has 1 aromatic carbocycles. The van der Waals surface area contributed by atoms with Crippen molar-refractivity contribution in [1.82, 2.24) is 0 Å². The summed E-state index contributed by atoms with van der Waals surface area (Å²) in [5, 5.41) is 0. The lowest BCUT2D eigenvalue weighted by Gasteiger charge is -2.33. The molecule has 4 N–H and O–H groups in total. The zero-order valence-corrected chi connectivity index (χ0v) is 11.2. The minimum Gasteiger partial charge on any atom is -0.375 e. The molecule has 1 aliphatic carbocycles. The average molecular weight is 262 g/mol. The maximum Gasteiger partial charge on any atom is 0.249 e. The first-order valence-corrected chi connectivity index (χ1v) is 6.85. The summed E-state index contributed by atoms with van der Waals surface area (Å²) in [6.07, 6.45) is 5.66. The van der Waals surface area contributed by atoms with Crippen LogP contribution in [0.5, 0.6) is 0 Å². The number of hydrogen-bond acceptors (Lipinski definition) is 3. The van der Waals surface area contributed by atoms with E-state index in [2.05, 4.69) is 0 Å². The van der Waals surface area contributed by atoms with E-state index in [9.17, 15) is 4.79 Å². The van der Waals surface area contributed by atoms with Crippen LogP contribution in [0.3, 0.4) is 0 Å². The van der Waals surface area contributed by atoms with Crippen molar-refractivity contribution < 1.29 is 9.53 Å². The maximum atomic E-state index is 11.3. The molecule has 0 radical (unpaired) electrons. The van der Waals surface area contributed by atoms with Gasteiger partial charge in [0.05, 0.1) is 13.2 Å². The van der Waals surface area contributed by atoms with E-state index in [0.29, 0.717) is 18.8 Å². The topological polar surface area (TPSA) is 78.3 Å². The molecule has 1 fully saturated rings. The lowest BCUT2D eigenvalue weighted by Crippen LogP contribution is -2.46. The molecule has 0 bridgehead atoms. The van der Waals surface area contributed by atoms with Crippen LogP contribution < -0.4 is 11.5 Å². The maximum absolute atomic E-state index is 11.3. The van der Waals surface area contributed by atoms with Crippen LogP contribution in [0.25, 0.3) is 0 Å². The van der Waals surface area contributed by atoms with E-state index in [1.165, 1.54) is 19.3 Å². The Morgan fingerprint density at radius 3 is 2.58 bits per heavy atom. The van der Waals surface area contributed by atoms with Crippen LogP contribution in [0.1, 0.15) is 48.0 Å². The molecule has 4 nitrogen and oxygen atoms in total. The Morgan fingerprint density at radius 1 is 1.21 bits per heavy atom. The third kappa shape index (κ3) is 3.78. The van der Waals surface area contributed by atoms with Gasteiger partial charge in [-0.25, -0.2) is 0 Å². The molecule has 0 aliphatic heterocycles. The van der Waals surface area contributed by atoms with Gasteiger partial charge in [-0.3, -0.25) is 4.79 Å². The number of carbonyl (C=O) groups excluding carboxylic acids is 1. The van der Waals surface area contributed by atoms with Crippen molar-refractivity contribution in [3.8, 4) is 0 Å². The normalized spacial score (nSPS) is 18.2. The van der Waals surface area contributed by atoms with E-state index < -0.39 is 5.91 Å². The summed E-state index contributed by atoms with van der Waals surface area (Å²) in [4.78, 5) is 11.3. The Bertz CT molecular complexity index is 440. The van der Waals surface area contributed by atoms with Gasteiger partial charge in [-0.1, -0.05) is 37.5 Å². The van der Waals surface area contributed by atoms with E-state index >= 15 is 0 Å². The van der Waals surface area contributed by atoms with Crippen molar-refractivity contribution >= 4 is 5.91 Å². The highest BCUT2D eigenvalue weighted by Gasteiger charge is 2.27. The first kappa shape index (κ1) is 14.0. The SMILES string of the molecule is NC(=O)c1ccccc1COCC1(N)CCCCC1. The molecule has 0 spiro atoms. The predicted molar refractivity (Wildman–Crippen MR) is 74.6 cm³/mol. The fourth-order valence-electron chi connectivity index (χ4n) is 2.65. The van der Waals surface area contributed by atoms with Crippen LogP contribution in [0.15, 0.2) is 24.3 Å². The molecule has 1 saturated carbocycles. The van der Waals surface area contributed by atoms with Crippen LogP contribution in [0, 0.1) is 0 Å². The van der Waals surface area contributed by atoms with Gasteiger partial charge in [-0.2, -0.15) is 0 Å². The highest BCUT2D eigenvalue weighted by Crippen LogP contribution is 2.26. The van der Waals surface area contributed by atoms with Crippen LogP contribution in [0.4, 0.5) is 0 Å². The molecule has 19 heavy (non-hydrogen) atoms. The highest BCUT2D eigenvalue weighted by molar-refractivity contribution is 5.94. The van der Waals surface area contributed by atoms with Crippen LogP contribution in [-0.2, 0) is 11.3 Å². The van der Waals surface area contributed by atoms with Gasteiger partial charge in [0.1, 0.15) is 0 Å². The van der Waals surface area contributed by atoms with Crippen molar-refractivity contribution in [2.75, 3.05) is 6.61 Å². The molecule has 4 heteroatoms. The Kier molecular flexibility index (Phi) is 4.56. The van der Waals surface area contributed by atoms with Crippen LogP contribution >= 0.6 is 0 Å². The van der Waals surface area contributed by atoms with Gasteiger partial charge in [-0.15, -0.1) is 0 Å². The standard InChI is InChI=1S/C15H22N2O2/c16-14(18)13-7-3-2-6-12(13)10-19-11-15(17)8-4-1-5-9-15/h2-3,6-7H,1,4-5,8-11,17H2,(H2,16,18). The quantitative estimate of drug-likeness (QED) is 0.851. The molecular weight excluding hydrogens is 240 g/mol. The summed E-state index contributed by atoms with van der Waals surface area (Å²) in [5.41, 5.74) is 12.8. The van der Waals surface area contributed by atoms with Crippen LogP contribution in [0.2, 0.25) is 0 Å². The second kappa shape index (κ2) is 6.17. The smallest absolute Gasteiger partial charge is 0.249 e. The number of ether oxygens (including phenoxy) is 1. The Hall–Kier alpha value is -1.39. The zero-order valence-electron chi connectivity index (χ0n) is 11.2. The molecule has 1 aliphatic rings. The molecular formula is C15H22N2O2. The number of amides is 1. The van der Waals surface area contributed by atoms with Crippen molar-refractivity contribution in [3.05, 3.63) is 35.4 Å². The van der Waals surface area contributed by atoms with Crippen molar-refractivity contribution in [1.29, 1.82) is 0 Å². The summed E-state index contributed by atoms with van der Waals surface area (Å²) in [5.74, 6) is -0.417. The summed E-state index contributed by atoms with van der Waals surface area (Å²) < 4.78 is 5.72. The molecule has 0 saturated heterocycles. The number of carbonyl (C=O) groups is 1. The number of rotatable bonds is 5. The molecule has 104 valence electrons. The van der Waals surface area contributed by atoms with Crippen molar-refractivity contribution in [3.63, 3.8) is 0 Å². The fraction of sp³-hybridized carbons (Fsp3) is 0.533. The van der Waals surface area contributed by atoms with Gasteiger partial charge in [0.2, 0.25) is 5.91 Å². The average Bonchev–Trinajstić information content (AvgIpc) is 2.40. The van der Waals surface area contributed by atoms with Gasteiger partial charge < -0.3 is 16.2 Å². The number of hydrogen-bond donors (Lipinski definition) is 2. The third-order valence-corrected chi connectivity index (χ3v) is 3.78. The number of nitrogens with two attached hydrogens (primary N) is 2. The molecule has 0 aromatic heterocycles. The van der Waals surface area contributed by atoms with E-state index in [-0.39, 0.29) is 5.54 Å². The Morgan fingerprint density at radius 2 is 1.89 bits per heavy atom. The molecule has 2 rings (SSSR count). The monoisotopic (exact) mass is 262 g/mol. The summed E-state index contributed by atoms with van der Waals surface area (Å²) in [6.45, 7) is 0.929. The molecule has 0 heterocycles. The van der Waals surface area contributed by atoms with Gasteiger partial charge >= 0.3 is 0 Å². The Balaban J connectivity index is 1.90. The summed E-state index contributed by atoms with van der Waals surface area (Å²) >= 11 is 0. The van der Waals surface area contributed by atoms with E-state index in [1.54, 1.807) is 12.1 Å². The lowest BCUT2D eigenvalue weighted by molar-refractivity contribution is 0.0569. The minimum absolute atomic E-state index is 0.195. The second-order valence-electron chi connectivity index (χ2n) is 5.44. The van der Waals surface area contributed by atoms with E-state index in [1.807, 2.05) is 12.1 Å². The highest BCUT2D eigenvalue weighted by atomic mass is 16.5. The molecule has 1 amide bonds. The summed E-state index contributed by atoms with van der Waals surface area (Å²) in [6, 6.07) is 7.27. The minimum atomic E-state index is -0.417. The Labute approximate surface area is 114 Å². The van der Waals surface area contributed by atoms with Gasteiger partial charge in [-0.05, 0) is 24.5 Å². The van der Waals surface area contributed by atoms with Gasteiger partial charge in [0, 0.05) is 11.1 Å². The van der Waals surface area contributed by atoms with Gasteiger partial charge in [0.25, 0.3) is 0 Å². The molecule has 0 unspecified atom stereocenters. The lowest BCUT2D eigenvalue weighted by atomic mass is 9.83. The molecule has 0 atom stereocenters. The van der Waals surface area contributed by atoms with Crippen molar-refractivity contribution in [2.24, 2.45) is 11.5 Å². The fourth-order valence-corrected chi connectivity index (χ4v) is 2.65. The molecule has 1 aromatic rings. The largest absolute Gasteiger partial charge is 0.375 e. The summed E-state index contributed by atoms with van der Waals surface area (Å²) in [7, 11) is 0. The van der Waals surface area contributed by atoms with E-state index in [0.717, 1.165) is 18.4 Å². The van der Waals surface area contributed by atoms with Gasteiger partial charge in [0.15, 0.2) is 0 Å². The predicted octanol–water partition coefficient (Wildman–Crippen LogP) is 1.96. The number of primary amides is 1. The third-order valence-electron chi connectivity index (χ3n) is 3.78. The first-order valence-electron chi connectivity index (χ1n) is 6.85. The zero-order chi connectivity index (χ0) is 13.7. The van der Waals surface area contributed by atoms with Crippen molar-refractivity contribution in [2.45, 2.75) is 44.2 Å². The first-order chi connectivity index (χ1) is 9.11. The van der Waals surface area contributed by atoms with E-state index in [4.69, 9.17) is 16.2 Å². The number of benzene rings is 1. The second-order valence-corrected chi connectivity index (χ2v) is 5.44.